The number of anilines is 1. The molecule has 0 unspecified atom stereocenters. The molecule has 8 nitrogen and oxygen atoms in total. The Bertz CT molecular complexity index is 2090. The van der Waals surface area contributed by atoms with Crippen LogP contribution in [0, 0.1) is 11.3 Å². The topological polar surface area (TPSA) is 96.7 Å². The molecule has 0 fully saturated rings. The highest BCUT2D eigenvalue weighted by Crippen LogP contribution is 2.30. The van der Waals surface area contributed by atoms with E-state index in [2.05, 4.69) is 11.2 Å². The summed E-state index contributed by atoms with van der Waals surface area (Å²) in [7, 11) is 3.87. The zero-order valence-corrected chi connectivity index (χ0v) is 23.5. The summed E-state index contributed by atoms with van der Waals surface area (Å²) in [6.45, 7) is 0.186. The Labute approximate surface area is 246 Å². The molecule has 2 aromatic heterocycles. The fourth-order valence-electron chi connectivity index (χ4n) is 4.58. The van der Waals surface area contributed by atoms with Gasteiger partial charge in [-0.1, -0.05) is 41.9 Å². The van der Waals surface area contributed by atoms with Crippen LogP contribution in [-0.2, 0) is 6.61 Å². The molecule has 6 aromatic rings. The summed E-state index contributed by atoms with van der Waals surface area (Å²) in [6, 6.07) is 29.4. The SMILES string of the molecule is CN(C)c1ccc(C=Nn2c(-c3cc4cc(Cl)ccc4o3)nc3ccccc3c2=O)c(OCc2ccccc2C#N)c1. The van der Waals surface area contributed by atoms with E-state index in [-0.39, 0.29) is 18.0 Å². The third-order valence-corrected chi connectivity index (χ3v) is 7.03. The standard InChI is InChI=1S/C33H24ClN5O3/c1-38(2)26-13-11-22(30(17-26)41-20-23-8-4-3-7-21(23)18-35)19-36-39-32(37-28-10-6-5-9-27(28)33(39)40)31-16-24-15-25(34)12-14-29(24)42-31/h3-17,19H,20H2,1-2H3. The van der Waals surface area contributed by atoms with Crippen LogP contribution in [-0.4, -0.2) is 30.0 Å². The van der Waals surface area contributed by atoms with E-state index in [9.17, 15) is 10.1 Å². The van der Waals surface area contributed by atoms with Crippen molar-refractivity contribution in [2.75, 3.05) is 19.0 Å². The Kier molecular flexibility index (Phi) is 7.17. The number of para-hydroxylation sites is 1. The van der Waals surface area contributed by atoms with E-state index in [0.29, 0.717) is 44.1 Å². The van der Waals surface area contributed by atoms with E-state index >= 15 is 0 Å². The van der Waals surface area contributed by atoms with Gasteiger partial charge in [-0.25, -0.2) is 4.98 Å². The second-order valence-corrected chi connectivity index (χ2v) is 10.2. The number of halogens is 1. The number of aromatic nitrogens is 2. The lowest BCUT2D eigenvalue weighted by Crippen LogP contribution is -2.20. The van der Waals surface area contributed by atoms with Gasteiger partial charge >= 0.3 is 0 Å². The number of hydrogen-bond acceptors (Lipinski definition) is 7. The third kappa shape index (κ3) is 5.21. The highest BCUT2D eigenvalue weighted by molar-refractivity contribution is 6.31. The van der Waals surface area contributed by atoms with Gasteiger partial charge in [0.1, 0.15) is 17.9 Å². The van der Waals surface area contributed by atoms with Gasteiger partial charge in [-0.2, -0.15) is 15.0 Å². The molecule has 0 amide bonds. The van der Waals surface area contributed by atoms with E-state index in [1.807, 2.05) is 61.5 Å². The van der Waals surface area contributed by atoms with Gasteiger partial charge in [0.2, 0.25) is 5.82 Å². The maximum atomic E-state index is 13.7. The Morgan fingerprint density at radius 2 is 1.86 bits per heavy atom. The molecule has 2 heterocycles. The molecule has 42 heavy (non-hydrogen) atoms. The van der Waals surface area contributed by atoms with E-state index in [1.54, 1.807) is 54.7 Å². The fraction of sp³-hybridized carbons (Fsp3) is 0.0909. The maximum Gasteiger partial charge on any atom is 0.282 e. The summed E-state index contributed by atoms with van der Waals surface area (Å²) in [5, 5.41) is 15.9. The Balaban J connectivity index is 1.45. The quantitative estimate of drug-likeness (QED) is 0.193. The van der Waals surface area contributed by atoms with Gasteiger partial charge in [-0.3, -0.25) is 4.79 Å². The molecule has 0 spiro atoms. The van der Waals surface area contributed by atoms with Gasteiger partial charge in [0.15, 0.2) is 5.76 Å². The highest BCUT2D eigenvalue weighted by atomic mass is 35.5. The minimum absolute atomic E-state index is 0.186. The monoisotopic (exact) mass is 573 g/mol. The molecule has 6 rings (SSSR count). The van der Waals surface area contributed by atoms with Crippen LogP contribution in [0.3, 0.4) is 0 Å². The van der Waals surface area contributed by atoms with Crippen molar-refractivity contribution >= 4 is 45.4 Å². The molecule has 0 aliphatic rings. The predicted molar refractivity (Wildman–Crippen MR) is 165 cm³/mol. The zero-order chi connectivity index (χ0) is 29.2. The second kappa shape index (κ2) is 11.2. The average molecular weight is 574 g/mol. The first kappa shape index (κ1) is 26.8. The lowest BCUT2D eigenvalue weighted by Gasteiger charge is -2.16. The van der Waals surface area contributed by atoms with Crippen molar-refractivity contribution in [3.63, 3.8) is 0 Å². The summed E-state index contributed by atoms with van der Waals surface area (Å²) in [6.07, 6.45) is 1.56. The molecule has 0 bridgehead atoms. The number of fused-ring (bicyclic) bond motifs is 2. The highest BCUT2D eigenvalue weighted by Gasteiger charge is 2.17. The molecule has 0 aliphatic heterocycles. The molecule has 0 aliphatic carbocycles. The van der Waals surface area contributed by atoms with Crippen molar-refractivity contribution in [1.82, 2.24) is 9.66 Å². The molecular formula is C33H24ClN5O3. The molecule has 0 saturated heterocycles. The minimum Gasteiger partial charge on any atom is -0.488 e. The number of benzene rings is 4. The number of rotatable bonds is 7. The van der Waals surface area contributed by atoms with Crippen molar-refractivity contribution in [1.29, 1.82) is 5.26 Å². The van der Waals surface area contributed by atoms with Crippen LogP contribution < -0.4 is 15.2 Å². The van der Waals surface area contributed by atoms with Gasteiger partial charge in [-0.15, -0.1) is 0 Å². The molecule has 206 valence electrons. The molecule has 0 radical (unpaired) electrons. The van der Waals surface area contributed by atoms with Crippen LogP contribution in [0.2, 0.25) is 5.02 Å². The van der Waals surface area contributed by atoms with E-state index in [4.69, 9.17) is 25.7 Å². The molecule has 0 atom stereocenters. The number of ether oxygens (including phenoxy) is 1. The molecule has 0 saturated carbocycles. The summed E-state index contributed by atoms with van der Waals surface area (Å²) in [5.41, 5.74) is 3.65. The van der Waals surface area contributed by atoms with Crippen molar-refractivity contribution in [2.24, 2.45) is 5.10 Å². The summed E-state index contributed by atoms with van der Waals surface area (Å²) in [4.78, 5) is 20.4. The van der Waals surface area contributed by atoms with Crippen LogP contribution in [0.5, 0.6) is 5.75 Å². The van der Waals surface area contributed by atoms with E-state index < -0.39 is 0 Å². The van der Waals surface area contributed by atoms with Crippen molar-refractivity contribution in [3.8, 4) is 23.4 Å². The first-order valence-corrected chi connectivity index (χ1v) is 13.5. The van der Waals surface area contributed by atoms with Crippen molar-refractivity contribution in [3.05, 3.63) is 123 Å². The Morgan fingerprint density at radius 3 is 2.69 bits per heavy atom. The largest absolute Gasteiger partial charge is 0.488 e. The molecule has 4 aromatic carbocycles. The smallest absolute Gasteiger partial charge is 0.282 e. The first-order chi connectivity index (χ1) is 20.4. The second-order valence-electron chi connectivity index (χ2n) is 9.78. The van der Waals surface area contributed by atoms with Gasteiger partial charge in [0, 0.05) is 47.4 Å². The van der Waals surface area contributed by atoms with Crippen molar-refractivity contribution < 1.29 is 9.15 Å². The van der Waals surface area contributed by atoms with Crippen LogP contribution in [0.1, 0.15) is 16.7 Å². The molecule has 9 heteroatoms. The van der Waals surface area contributed by atoms with E-state index in [0.717, 1.165) is 16.6 Å². The number of nitrogens with zero attached hydrogens (tertiary/aromatic N) is 5. The first-order valence-electron chi connectivity index (χ1n) is 13.1. The Hall–Kier alpha value is -5.39. The van der Waals surface area contributed by atoms with Crippen LogP contribution in [0.15, 0.2) is 105 Å². The normalized spacial score (nSPS) is 11.3. The summed E-state index contributed by atoms with van der Waals surface area (Å²) >= 11 is 6.19. The molecular weight excluding hydrogens is 550 g/mol. The summed E-state index contributed by atoms with van der Waals surface area (Å²) in [5.74, 6) is 1.16. The van der Waals surface area contributed by atoms with Crippen LogP contribution in [0.25, 0.3) is 33.5 Å². The van der Waals surface area contributed by atoms with Gasteiger partial charge in [-0.05, 0) is 54.6 Å². The lowest BCUT2D eigenvalue weighted by atomic mass is 10.1. The van der Waals surface area contributed by atoms with E-state index in [1.165, 1.54) is 4.68 Å². The van der Waals surface area contributed by atoms with Crippen LogP contribution in [0.4, 0.5) is 5.69 Å². The average Bonchev–Trinajstić information content (AvgIpc) is 3.43. The predicted octanol–water partition coefficient (Wildman–Crippen LogP) is 6.86. The van der Waals surface area contributed by atoms with Gasteiger partial charge in [0.25, 0.3) is 5.56 Å². The number of furan rings is 1. The van der Waals surface area contributed by atoms with Gasteiger partial charge < -0.3 is 14.1 Å². The van der Waals surface area contributed by atoms with Gasteiger partial charge in [0.05, 0.1) is 28.8 Å². The van der Waals surface area contributed by atoms with Crippen LogP contribution >= 0.6 is 11.6 Å². The Morgan fingerprint density at radius 1 is 1.05 bits per heavy atom. The fourth-order valence-corrected chi connectivity index (χ4v) is 4.76. The number of hydrogen-bond donors (Lipinski definition) is 0. The minimum atomic E-state index is -0.347. The lowest BCUT2D eigenvalue weighted by molar-refractivity contribution is 0.305. The number of nitriles is 1. The van der Waals surface area contributed by atoms with Crippen molar-refractivity contribution in [2.45, 2.75) is 6.61 Å². The maximum absolute atomic E-state index is 13.7. The molecule has 0 N–H and O–H groups in total. The third-order valence-electron chi connectivity index (χ3n) is 6.80. The summed E-state index contributed by atoms with van der Waals surface area (Å²) < 4.78 is 13.5. The zero-order valence-electron chi connectivity index (χ0n) is 22.8.